The molecule has 0 saturated carbocycles. The van der Waals surface area contributed by atoms with Crippen LogP contribution >= 0.6 is 0 Å². The fourth-order valence-corrected chi connectivity index (χ4v) is 2.80. The molecule has 1 aliphatic heterocycles. The Balaban J connectivity index is 2.24. The Morgan fingerprint density at radius 1 is 1.25 bits per heavy atom. The smallest absolute Gasteiger partial charge is 0.222 e. The number of likely N-dealkylation sites (tertiary alicyclic amines) is 1. The summed E-state index contributed by atoms with van der Waals surface area (Å²) in [7, 11) is 1.98. The highest BCUT2D eigenvalue weighted by molar-refractivity contribution is 5.76. The number of nitrogens with zero attached hydrogens (tertiary/aromatic N) is 2. The van der Waals surface area contributed by atoms with Crippen molar-refractivity contribution in [3.8, 4) is 0 Å². The van der Waals surface area contributed by atoms with Crippen molar-refractivity contribution in [2.75, 3.05) is 26.7 Å². The van der Waals surface area contributed by atoms with E-state index in [0.717, 1.165) is 38.9 Å². The van der Waals surface area contributed by atoms with Crippen LogP contribution in [0.25, 0.3) is 0 Å². The predicted octanol–water partition coefficient (Wildman–Crippen LogP) is 2.10. The Morgan fingerprint density at radius 3 is 2.35 bits per heavy atom. The maximum Gasteiger partial charge on any atom is 0.222 e. The van der Waals surface area contributed by atoms with Gasteiger partial charge in [-0.1, -0.05) is 13.8 Å². The number of piperidine rings is 1. The summed E-state index contributed by atoms with van der Waals surface area (Å²) >= 11 is 0. The van der Waals surface area contributed by atoms with Crippen LogP contribution in [0.1, 0.15) is 53.4 Å². The van der Waals surface area contributed by atoms with Gasteiger partial charge in [-0.3, -0.25) is 4.79 Å². The molecule has 1 N–H and O–H groups in total. The lowest BCUT2D eigenvalue weighted by atomic mass is 10.0. The van der Waals surface area contributed by atoms with Crippen molar-refractivity contribution in [2.24, 2.45) is 0 Å². The van der Waals surface area contributed by atoms with Crippen molar-refractivity contribution in [1.29, 1.82) is 0 Å². The van der Waals surface area contributed by atoms with E-state index < -0.39 is 0 Å². The second kappa shape index (κ2) is 8.63. The SMILES string of the molecule is CC(C)NCCCC(=O)N(C)C1CCN(C(C)C)CC1. The zero-order valence-corrected chi connectivity index (χ0v) is 14.0. The second-order valence-electron chi connectivity index (χ2n) is 6.58. The molecule has 0 atom stereocenters. The number of rotatable bonds is 7. The van der Waals surface area contributed by atoms with Gasteiger partial charge in [0.15, 0.2) is 0 Å². The summed E-state index contributed by atoms with van der Waals surface area (Å²) in [6.45, 7) is 11.9. The van der Waals surface area contributed by atoms with E-state index in [-0.39, 0.29) is 0 Å². The summed E-state index contributed by atoms with van der Waals surface area (Å²) in [4.78, 5) is 16.7. The van der Waals surface area contributed by atoms with E-state index in [1.165, 1.54) is 0 Å². The number of carbonyl (C=O) groups excluding carboxylic acids is 1. The maximum atomic E-state index is 12.2. The van der Waals surface area contributed by atoms with Crippen LogP contribution in [0, 0.1) is 0 Å². The average Bonchev–Trinajstić information content (AvgIpc) is 2.42. The van der Waals surface area contributed by atoms with Gasteiger partial charge in [-0.25, -0.2) is 0 Å². The van der Waals surface area contributed by atoms with E-state index in [4.69, 9.17) is 0 Å². The summed E-state index contributed by atoms with van der Waals surface area (Å²) in [6, 6.07) is 1.57. The molecular formula is C16H33N3O. The van der Waals surface area contributed by atoms with Crippen LogP contribution in [0.15, 0.2) is 0 Å². The van der Waals surface area contributed by atoms with Gasteiger partial charge in [0, 0.05) is 44.7 Å². The summed E-state index contributed by atoms with van der Waals surface area (Å²) in [5.41, 5.74) is 0. The molecule has 20 heavy (non-hydrogen) atoms. The Morgan fingerprint density at radius 2 is 1.85 bits per heavy atom. The molecule has 4 nitrogen and oxygen atoms in total. The summed E-state index contributed by atoms with van der Waals surface area (Å²) in [5.74, 6) is 0.304. The van der Waals surface area contributed by atoms with Crippen LogP contribution in [-0.2, 0) is 4.79 Å². The number of hydrogen-bond donors (Lipinski definition) is 1. The normalized spacial score (nSPS) is 17.9. The zero-order chi connectivity index (χ0) is 15.1. The lowest BCUT2D eigenvalue weighted by molar-refractivity contribution is -0.133. The molecule has 0 bridgehead atoms. The minimum Gasteiger partial charge on any atom is -0.343 e. The number of nitrogens with one attached hydrogen (secondary N) is 1. The molecule has 118 valence electrons. The molecule has 1 amide bonds. The van der Waals surface area contributed by atoms with Gasteiger partial charge in [0.1, 0.15) is 0 Å². The van der Waals surface area contributed by atoms with Crippen LogP contribution < -0.4 is 5.32 Å². The van der Waals surface area contributed by atoms with E-state index in [2.05, 4.69) is 37.9 Å². The highest BCUT2D eigenvalue weighted by Gasteiger charge is 2.25. The van der Waals surface area contributed by atoms with Gasteiger partial charge >= 0.3 is 0 Å². The number of hydrogen-bond acceptors (Lipinski definition) is 3. The van der Waals surface area contributed by atoms with E-state index in [1.54, 1.807) is 0 Å². The van der Waals surface area contributed by atoms with Crippen LogP contribution in [-0.4, -0.2) is 60.5 Å². The monoisotopic (exact) mass is 283 g/mol. The minimum atomic E-state index is 0.304. The Hall–Kier alpha value is -0.610. The first-order valence-corrected chi connectivity index (χ1v) is 8.15. The van der Waals surface area contributed by atoms with Gasteiger partial charge in [-0.2, -0.15) is 0 Å². The number of carbonyl (C=O) groups is 1. The first kappa shape index (κ1) is 17.4. The summed E-state index contributed by atoms with van der Waals surface area (Å²) in [6.07, 6.45) is 3.84. The topological polar surface area (TPSA) is 35.6 Å². The van der Waals surface area contributed by atoms with Gasteiger partial charge in [-0.15, -0.1) is 0 Å². The molecule has 1 fully saturated rings. The van der Waals surface area contributed by atoms with Crippen molar-refractivity contribution in [1.82, 2.24) is 15.1 Å². The molecule has 0 aliphatic carbocycles. The van der Waals surface area contributed by atoms with Crippen molar-refractivity contribution < 1.29 is 4.79 Å². The third-order valence-corrected chi connectivity index (χ3v) is 4.29. The molecular weight excluding hydrogens is 250 g/mol. The molecule has 1 aliphatic rings. The average molecular weight is 283 g/mol. The van der Waals surface area contributed by atoms with E-state index in [9.17, 15) is 4.79 Å². The molecule has 0 aromatic rings. The lowest BCUT2D eigenvalue weighted by Crippen LogP contribution is -2.47. The molecule has 0 radical (unpaired) electrons. The van der Waals surface area contributed by atoms with Crippen molar-refractivity contribution >= 4 is 5.91 Å². The number of amides is 1. The molecule has 0 unspecified atom stereocenters. The van der Waals surface area contributed by atoms with Crippen molar-refractivity contribution in [3.63, 3.8) is 0 Å². The molecule has 1 rings (SSSR count). The summed E-state index contributed by atoms with van der Waals surface area (Å²) in [5, 5.41) is 3.36. The minimum absolute atomic E-state index is 0.304. The highest BCUT2D eigenvalue weighted by Crippen LogP contribution is 2.18. The lowest BCUT2D eigenvalue weighted by Gasteiger charge is -2.38. The first-order valence-electron chi connectivity index (χ1n) is 8.15. The van der Waals surface area contributed by atoms with Crippen molar-refractivity contribution in [2.45, 2.75) is 71.5 Å². The second-order valence-corrected chi connectivity index (χ2v) is 6.58. The zero-order valence-electron chi connectivity index (χ0n) is 14.0. The van der Waals surface area contributed by atoms with Gasteiger partial charge in [-0.05, 0) is 39.7 Å². The van der Waals surface area contributed by atoms with Crippen molar-refractivity contribution in [3.05, 3.63) is 0 Å². The molecule has 1 saturated heterocycles. The fraction of sp³-hybridized carbons (Fsp3) is 0.938. The van der Waals surface area contributed by atoms with Crippen LogP contribution in [0.2, 0.25) is 0 Å². The largest absolute Gasteiger partial charge is 0.343 e. The van der Waals surface area contributed by atoms with Crippen LogP contribution in [0.4, 0.5) is 0 Å². The third-order valence-electron chi connectivity index (χ3n) is 4.29. The van der Waals surface area contributed by atoms with Crippen LogP contribution in [0.5, 0.6) is 0 Å². The Labute approximate surface area is 124 Å². The standard InChI is InChI=1S/C16H33N3O/c1-13(2)17-10-6-7-16(20)18(5)15-8-11-19(12-9-15)14(3)4/h13-15,17H,6-12H2,1-5H3. The molecule has 0 aromatic carbocycles. The molecule has 0 spiro atoms. The fourth-order valence-electron chi connectivity index (χ4n) is 2.80. The maximum absolute atomic E-state index is 12.2. The van der Waals surface area contributed by atoms with E-state index in [1.807, 2.05) is 11.9 Å². The van der Waals surface area contributed by atoms with E-state index in [0.29, 0.717) is 30.5 Å². The highest BCUT2D eigenvalue weighted by atomic mass is 16.2. The Kier molecular flexibility index (Phi) is 7.52. The molecule has 4 heteroatoms. The van der Waals surface area contributed by atoms with Crippen LogP contribution in [0.3, 0.4) is 0 Å². The Bertz CT molecular complexity index is 283. The first-order chi connectivity index (χ1) is 9.41. The van der Waals surface area contributed by atoms with Gasteiger partial charge in [0.05, 0.1) is 0 Å². The van der Waals surface area contributed by atoms with Gasteiger partial charge in [0.2, 0.25) is 5.91 Å². The predicted molar refractivity (Wildman–Crippen MR) is 84.9 cm³/mol. The molecule has 0 aromatic heterocycles. The third kappa shape index (κ3) is 5.80. The quantitative estimate of drug-likeness (QED) is 0.727. The van der Waals surface area contributed by atoms with Gasteiger partial charge in [0.25, 0.3) is 0 Å². The van der Waals surface area contributed by atoms with Gasteiger partial charge < -0.3 is 15.1 Å². The molecule has 1 heterocycles. The summed E-state index contributed by atoms with van der Waals surface area (Å²) < 4.78 is 0. The van der Waals surface area contributed by atoms with E-state index >= 15 is 0 Å².